The van der Waals surface area contributed by atoms with E-state index in [9.17, 15) is 8.42 Å². The number of halogens is 2. The maximum absolute atomic E-state index is 12.3. The Kier molecular flexibility index (Phi) is 4.76. The van der Waals surface area contributed by atoms with Crippen molar-refractivity contribution in [3.63, 3.8) is 0 Å². The van der Waals surface area contributed by atoms with Crippen molar-refractivity contribution in [1.82, 2.24) is 4.31 Å². The topological polar surface area (TPSA) is 49.4 Å². The highest BCUT2D eigenvalue weighted by Gasteiger charge is 2.29. The summed E-state index contributed by atoms with van der Waals surface area (Å²) in [5, 5.41) is 0.479. The molecule has 7 heteroatoms. The molecule has 0 radical (unpaired) electrons. The summed E-state index contributed by atoms with van der Waals surface area (Å²) in [5.74, 6) is 0. The molecule has 106 valence electrons. The molecule has 1 unspecified atom stereocenters. The summed E-state index contributed by atoms with van der Waals surface area (Å²) in [6.45, 7) is 2.51. The largest absolute Gasteiger partial charge is 0.301 e. The molecular weight excluding hydrogens is 352 g/mol. The van der Waals surface area contributed by atoms with Gasteiger partial charge >= 0.3 is 10.2 Å². The summed E-state index contributed by atoms with van der Waals surface area (Å²) in [5.41, 5.74) is 0.478. The lowest BCUT2D eigenvalue weighted by atomic mass is 10.1. The molecule has 1 atom stereocenters. The molecule has 1 N–H and O–H groups in total. The number of nitrogens with one attached hydrogen (secondary N) is 1. The number of hydrogen-bond donors (Lipinski definition) is 1. The van der Waals surface area contributed by atoms with E-state index in [-0.39, 0.29) is 6.04 Å². The minimum absolute atomic E-state index is 0.0390. The first kappa shape index (κ1) is 15.1. The van der Waals surface area contributed by atoms with E-state index < -0.39 is 10.2 Å². The van der Waals surface area contributed by atoms with Crippen LogP contribution in [0.4, 0.5) is 5.69 Å². The Morgan fingerprint density at radius 3 is 2.79 bits per heavy atom. The molecule has 1 aromatic rings. The molecule has 4 nitrogen and oxygen atoms in total. The average Bonchev–Trinajstić information content (AvgIpc) is 2.34. The van der Waals surface area contributed by atoms with E-state index >= 15 is 0 Å². The third-order valence-electron chi connectivity index (χ3n) is 3.22. The zero-order valence-corrected chi connectivity index (χ0v) is 13.7. The third-order valence-corrected chi connectivity index (χ3v) is 6.10. The zero-order valence-electron chi connectivity index (χ0n) is 10.6. The number of nitrogens with zero attached hydrogens (tertiary/aromatic N) is 1. The smallest absolute Gasteiger partial charge is 0.271 e. The number of piperidine rings is 1. The Labute approximate surface area is 127 Å². The first-order valence-corrected chi connectivity index (χ1v) is 8.76. The Morgan fingerprint density at radius 1 is 1.42 bits per heavy atom. The summed E-state index contributed by atoms with van der Waals surface area (Å²) >= 11 is 9.24. The molecule has 1 fully saturated rings. The molecule has 1 aliphatic rings. The van der Waals surface area contributed by atoms with Crippen LogP contribution in [-0.4, -0.2) is 25.3 Å². The minimum atomic E-state index is -3.51. The van der Waals surface area contributed by atoms with Crippen LogP contribution in [-0.2, 0) is 10.2 Å². The molecule has 1 aromatic carbocycles. The second-order valence-electron chi connectivity index (χ2n) is 4.69. The molecule has 1 heterocycles. The maximum atomic E-state index is 12.3. The van der Waals surface area contributed by atoms with E-state index in [0.29, 0.717) is 17.3 Å². The second kappa shape index (κ2) is 5.99. The maximum Gasteiger partial charge on any atom is 0.301 e. The quantitative estimate of drug-likeness (QED) is 0.887. The Hall–Kier alpha value is -0.300. The van der Waals surface area contributed by atoms with Crippen molar-refractivity contribution < 1.29 is 8.42 Å². The van der Waals surface area contributed by atoms with Crippen molar-refractivity contribution in [1.29, 1.82) is 0 Å². The molecule has 0 bridgehead atoms. The van der Waals surface area contributed by atoms with Crippen LogP contribution < -0.4 is 4.72 Å². The van der Waals surface area contributed by atoms with Gasteiger partial charge in [0.15, 0.2) is 0 Å². The van der Waals surface area contributed by atoms with E-state index in [1.165, 1.54) is 4.31 Å². The van der Waals surface area contributed by atoms with Gasteiger partial charge in [0.05, 0.1) is 10.7 Å². The minimum Gasteiger partial charge on any atom is -0.271 e. The molecule has 0 spiro atoms. The standard InChI is InChI=1S/C12H16BrClN2O2S/c1-9-4-2-3-7-16(9)19(17,18)15-10-5-6-11(13)12(14)8-10/h5-6,8-9,15H,2-4,7H2,1H3. The highest BCUT2D eigenvalue weighted by atomic mass is 79.9. The van der Waals surface area contributed by atoms with Crippen LogP contribution in [0.1, 0.15) is 26.2 Å². The van der Waals surface area contributed by atoms with E-state index in [4.69, 9.17) is 11.6 Å². The van der Waals surface area contributed by atoms with E-state index in [2.05, 4.69) is 20.7 Å². The fourth-order valence-electron chi connectivity index (χ4n) is 2.20. The summed E-state index contributed by atoms with van der Waals surface area (Å²) in [6.07, 6.45) is 2.89. The Balaban J connectivity index is 2.18. The molecule has 2 rings (SSSR count). The summed E-state index contributed by atoms with van der Waals surface area (Å²) in [6, 6.07) is 5.04. The SMILES string of the molecule is CC1CCCCN1S(=O)(=O)Nc1ccc(Br)c(Cl)c1. The molecule has 0 aliphatic carbocycles. The van der Waals surface area contributed by atoms with Crippen LogP contribution in [0.2, 0.25) is 5.02 Å². The first-order valence-electron chi connectivity index (χ1n) is 6.15. The van der Waals surface area contributed by atoms with Crippen LogP contribution >= 0.6 is 27.5 Å². The molecule has 0 amide bonds. The second-order valence-corrected chi connectivity index (χ2v) is 7.58. The van der Waals surface area contributed by atoms with Gasteiger partial charge in [0, 0.05) is 17.1 Å². The van der Waals surface area contributed by atoms with Gasteiger partial charge in [-0.05, 0) is 53.9 Å². The lowest BCUT2D eigenvalue weighted by Gasteiger charge is -2.32. The molecule has 19 heavy (non-hydrogen) atoms. The van der Waals surface area contributed by atoms with Crippen LogP contribution in [0, 0.1) is 0 Å². The molecule has 1 aliphatic heterocycles. The fourth-order valence-corrected chi connectivity index (χ4v) is 4.11. The molecule has 0 saturated carbocycles. The van der Waals surface area contributed by atoms with Crippen molar-refractivity contribution in [3.05, 3.63) is 27.7 Å². The van der Waals surface area contributed by atoms with E-state index in [1.807, 2.05) is 6.92 Å². The van der Waals surface area contributed by atoms with Crippen molar-refractivity contribution in [3.8, 4) is 0 Å². The number of benzene rings is 1. The van der Waals surface area contributed by atoms with Gasteiger partial charge in [0.1, 0.15) is 0 Å². The summed E-state index contributed by atoms with van der Waals surface area (Å²) in [7, 11) is -3.51. The molecular formula is C12H16BrClN2O2S. The van der Waals surface area contributed by atoms with Crippen molar-refractivity contribution in [2.75, 3.05) is 11.3 Å². The van der Waals surface area contributed by atoms with Crippen LogP contribution in [0.5, 0.6) is 0 Å². The van der Waals surface area contributed by atoms with Crippen LogP contribution in [0.3, 0.4) is 0 Å². The Bertz CT molecular complexity index is 565. The van der Waals surface area contributed by atoms with Gasteiger partial charge in [-0.25, -0.2) is 0 Å². The van der Waals surface area contributed by atoms with Crippen molar-refractivity contribution in [2.45, 2.75) is 32.2 Å². The fraction of sp³-hybridized carbons (Fsp3) is 0.500. The number of rotatable bonds is 3. The van der Waals surface area contributed by atoms with Crippen LogP contribution in [0.25, 0.3) is 0 Å². The van der Waals surface area contributed by atoms with E-state index in [0.717, 1.165) is 23.7 Å². The van der Waals surface area contributed by atoms with Crippen molar-refractivity contribution in [2.24, 2.45) is 0 Å². The van der Waals surface area contributed by atoms with Crippen molar-refractivity contribution >= 4 is 43.4 Å². The Morgan fingerprint density at radius 2 is 2.16 bits per heavy atom. The van der Waals surface area contributed by atoms with E-state index in [1.54, 1.807) is 18.2 Å². The van der Waals surface area contributed by atoms with Gasteiger partial charge in [0.25, 0.3) is 0 Å². The lowest BCUT2D eigenvalue weighted by molar-refractivity contribution is 0.270. The monoisotopic (exact) mass is 366 g/mol. The number of hydrogen-bond acceptors (Lipinski definition) is 2. The molecule has 1 saturated heterocycles. The average molecular weight is 368 g/mol. The third kappa shape index (κ3) is 3.62. The van der Waals surface area contributed by atoms with Gasteiger partial charge in [0.2, 0.25) is 0 Å². The zero-order chi connectivity index (χ0) is 14.0. The van der Waals surface area contributed by atoms with Gasteiger partial charge in [-0.2, -0.15) is 12.7 Å². The van der Waals surface area contributed by atoms with Gasteiger partial charge < -0.3 is 0 Å². The highest BCUT2D eigenvalue weighted by Crippen LogP contribution is 2.27. The van der Waals surface area contributed by atoms with Gasteiger partial charge in [-0.3, -0.25) is 4.72 Å². The predicted molar refractivity (Wildman–Crippen MR) is 81.7 cm³/mol. The predicted octanol–water partition coefficient (Wildman–Crippen LogP) is 3.63. The normalized spacial score (nSPS) is 21.3. The first-order chi connectivity index (χ1) is 8.90. The highest BCUT2D eigenvalue weighted by molar-refractivity contribution is 9.10. The van der Waals surface area contributed by atoms with Crippen LogP contribution in [0.15, 0.2) is 22.7 Å². The van der Waals surface area contributed by atoms with Gasteiger partial charge in [-0.15, -0.1) is 0 Å². The summed E-state index contributed by atoms with van der Waals surface area (Å²) < 4.78 is 29.5. The summed E-state index contributed by atoms with van der Waals surface area (Å²) in [4.78, 5) is 0. The number of anilines is 1. The molecule has 0 aromatic heterocycles. The van der Waals surface area contributed by atoms with Gasteiger partial charge in [-0.1, -0.05) is 18.0 Å². The lowest BCUT2D eigenvalue weighted by Crippen LogP contribution is -2.44.